The number of nitrogens with one attached hydrogen (secondary N) is 2. The van der Waals surface area contributed by atoms with E-state index in [1.165, 1.54) is 19.9 Å². The molecule has 2 fully saturated rings. The minimum absolute atomic E-state index is 0.215. The SMILES string of the molecule is CN.N=Cc1nc(N2CCCCCC2)nc(Nc2ccc(N3CCN(CC(O)CO)CC3)cc2)c1C=O. The fourth-order valence-electron chi connectivity index (χ4n) is 4.64. The number of piperazine rings is 1. The molecule has 11 nitrogen and oxygen atoms in total. The predicted octanol–water partition coefficient (Wildman–Crippen LogP) is 1.46. The van der Waals surface area contributed by atoms with E-state index < -0.39 is 6.10 Å². The Morgan fingerprint density at radius 1 is 1.00 bits per heavy atom. The van der Waals surface area contributed by atoms with Crippen molar-refractivity contribution in [3.05, 3.63) is 35.5 Å². The van der Waals surface area contributed by atoms with E-state index in [-0.39, 0.29) is 12.2 Å². The molecule has 2 saturated heterocycles. The van der Waals surface area contributed by atoms with Crippen molar-refractivity contribution in [2.24, 2.45) is 5.73 Å². The van der Waals surface area contributed by atoms with Crippen LogP contribution in [0, 0.1) is 5.41 Å². The Kier molecular flexibility index (Phi) is 11.2. The molecule has 11 heteroatoms. The molecule has 1 aromatic carbocycles. The van der Waals surface area contributed by atoms with E-state index in [4.69, 9.17) is 10.5 Å². The number of aliphatic hydroxyl groups is 2. The van der Waals surface area contributed by atoms with Crippen LogP contribution in [0.25, 0.3) is 0 Å². The highest BCUT2D eigenvalue weighted by Gasteiger charge is 2.20. The van der Waals surface area contributed by atoms with Crippen LogP contribution in [0.4, 0.5) is 23.1 Å². The van der Waals surface area contributed by atoms with Gasteiger partial charge >= 0.3 is 0 Å². The molecule has 0 bridgehead atoms. The lowest BCUT2D eigenvalue weighted by atomic mass is 10.2. The number of carbonyl (C=O) groups excluding carboxylic acids is 1. The van der Waals surface area contributed by atoms with Crippen molar-refractivity contribution in [1.29, 1.82) is 5.41 Å². The second kappa shape index (κ2) is 14.6. The minimum Gasteiger partial charge on any atom is -0.394 e. The number of hydrogen-bond acceptors (Lipinski definition) is 11. The summed E-state index contributed by atoms with van der Waals surface area (Å²) in [6, 6.07) is 8.00. The molecule has 0 radical (unpaired) electrons. The number of hydrogen-bond donors (Lipinski definition) is 5. The number of anilines is 4. The Hall–Kier alpha value is -3.12. The van der Waals surface area contributed by atoms with Crippen LogP contribution >= 0.6 is 0 Å². The average Bonchev–Trinajstić information content (AvgIpc) is 3.24. The summed E-state index contributed by atoms with van der Waals surface area (Å²) >= 11 is 0. The molecule has 3 heterocycles. The summed E-state index contributed by atoms with van der Waals surface area (Å²) in [6.45, 7) is 5.35. The molecule has 4 rings (SSSR count). The summed E-state index contributed by atoms with van der Waals surface area (Å²) in [5.74, 6) is 0.968. The Bertz CT molecular complexity index is 988. The number of aliphatic hydroxyl groups excluding tert-OH is 2. The average molecular weight is 513 g/mol. The molecule has 2 aromatic rings. The smallest absolute Gasteiger partial charge is 0.227 e. The van der Waals surface area contributed by atoms with Crippen molar-refractivity contribution in [1.82, 2.24) is 14.9 Å². The topological polar surface area (TPSA) is 155 Å². The molecule has 2 aliphatic heterocycles. The van der Waals surface area contributed by atoms with Gasteiger partial charge in [-0.2, -0.15) is 4.98 Å². The lowest BCUT2D eigenvalue weighted by Crippen LogP contribution is -2.49. The zero-order valence-electron chi connectivity index (χ0n) is 21.6. The molecule has 2 aliphatic rings. The quantitative estimate of drug-likeness (QED) is 0.246. The Labute approximate surface area is 218 Å². The van der Waals surface area contributed by atoms with Gasteiger partial charge in [-0.15, -0.1) is 0 Å². The third-order valence-electron chi connectivity index (χ3n) is 6.65. The molecule has 1 aromatic heterocycles. The van der Waals surface area contributed by atoms with Gasteiger partial charge in [-0.05, 0) is 44.2 Å². The van der Waals surface area contributed by atoms with E-state index in [1.807, 2.05) is 24.3 Å². The summed E-state index contributed by atoms with van der Waals surface area (Å²) in [5.41, 5.74) is 7.00. The largest absolute Gasteiger partial charge is 0.394 e. The van der Waals surface area contributed by atoms with Crippen LogP contribution in [0.15, 0.2) is 24.3 Å². The van der Waals surface area contributed by atoms with E-state index in [1.54, 1.807) is 0 Å². The zero-order chi connectivity index (χ0) is 26.6. The molecule has 0 spiro atoms. The molecular formula is C26H40N8O3. The fraction of sp³-hybridized carbons (Fsp3) is 0.538. The molecule has 0 saturated carbocycles. The van der Waals surface area contributed by atoms with E-state index in [9.17, 15) is 9.90 Å². The van der Waals surface area contributed by atoms with Crippen LogP contribution in [0.3, 0.4) is 0 Å². The second-order valence-corrected chi connectivity index (χ2v) is 9.13. The number of benzene rings is 1. The number of rotatable bonds is 9. The van der Waals surface area contributed by atoms with Gasteiger partial charge in [-0.25, -0.2) is 4.98 Å². The number of aromatic nitrogens is 2. The van der Waals surface area contributed by atoms with Crippen molar-refractivity contribution in [3.63, 3.8) is 0 Å². The third-order valence-corrected chi connectivity index (χ3v) is 6.65. The van der Waals surface area contributed by atoms with Crippen LogP contribution in [-0.2, 0) is 0 Å². The maximum absolute atomic E-state index is 11.8. The van der Waals surface area contributed by atoms with Crippen LogP contribution in [0.1, 0.15) is 41.7 Å². The van der Waals surface area contributed by atoms with Gasteiger partial charge in [0.2, 0.25) is 5.95 Å². The predicted molar refractivity (Wildman–Crippen MR) is 148 cm³/mol. The monoisotopic (exact) mass is 512 g/mol. The van der Waals surface area contributed by atoms with Crippen molar-refractivity contribution >= 4 is 35.6 Å². The molecular weight excluding hydrogens is 472 g/mol. The lowest BCUT2D eigenvalue weighted by molar-refractivity contribution is 0.0575. The molecule has 6 N–H and O–H groups in total. The first-order valence-electron chi connectivity index (χ1n) is 12.9. The van der Waals surface area contributed by atoms with Gasteiger partial charge in [0, 0.05) is 63.4 Å². The van der Waals surface area contributed by atoms with Gasteiger partial charge in [0.1, 0.15) is 5.82 Å². The third kappa shape index (κ3) is 7.68. The Morgan fingerprint density at radius 3 is 2.22 bits per heavy atom. The number of nitrogens with zero attached hydrogens (tertiary/aromatic N) is 5. The van der Waals surface area contributed by atoms with Gasteiger partial charge in [0.05, 0.1) is 24.0 Å². The Balaban J connectivity index is 0.00000186. The summed E-state index contributed by atoms with van der Waals surface area (Å²) in [5, 5.41) is 29.7. The fourth-order valence-corrected chi connectivity index (χ4v) is 4.64. The highest BCUT2D eigenvalue weighted by Crippen LogP contribution is 2.26. The number of β-amino-alcohol motifs (C(OH)–C–C–N with tert-alkyl or cyclic N) is 1. The molecule has 1 unspecified atom stereocenters. The molecule has 0 aliphatic carbocycles. The first kappa shape index (κ1) is 28.5. The Morgan fingerprint density at radius 2 is 1.65 bits per heavy atom. The first-order valence-corrected chi connectivity index (χ1v) is 12.9. The van der Waals surface area contributed by atoms with Gasteiger partial charge in [-0.3, -0.25) is 9.69 Å². The summed E-state index contributed by atoms with van der Waals surface area (Å²) in [7, 11) is 1.50. The van der Waals surface area contributed by atoms with E-state index in [2.05, 4.69) is 35.7 Å². The normalized spacial score (nSPS) is 17.3. The molecule has 37 heavy (non-hydrogen) atoms. The van der Waals surface area contributed by atoms with Gasteiger partial charge in [-0.1, -0.05) is 12.8 Å². The van der Waals surface area contributed by atoms with Gasteiger partial charge in [0.15, 0.2) is 6.29 Å². The number of nitrogens with two attached hydrogens (primary N) is 1. The van der Waals surface area contributed by atoms with E-state index >= 15 is 0 Å². The lowest BCUT2D eigenvalue weighted by Gasteiger charge is -2.36. The van der Waals surface area contributed by atoms with E-state index in [0.717, 1.165) is 69.7 Å². The highest BCUT2D eigenvalue weighted by atomic mass is 16.3. The molecule has 1 atom stereocenters. The van der Waals surface area contributed by atoms with Crippen molar-refractivity contribution in [2.75, 3.05) is 74.6 Å². The minimum atomic E-state index is -0.696. The first-order chi connectivity index (χ1) is 18.1. The highest BCUT2D eigenvalue weighted by molar-refractivity contribution is 5.95. The number of aldehydes is 1. The maximum atomic E-state index is 11.8. The van der Waals surface area contributed by atoms with Crippen molar-refractivity contribution in [3.8, 4) is 0 Å². The maximum Gasteiger partial charge on any atom is 0.227 e. The van der Waals surface area contributed by atoms with Gasteiger partial charge in [0.25, 0.3) is 0 Å². The summed E-state index contributed by atoms with van der Waals surface area (Å²) in [4.78, 5) is 27.6. The van der Waals surface area contributed by atoms with Crippen molar-refractivity contribution in [2.45, 2.75) is 31.8 Å². The van der Waals surface area contributed by atoms with Crippen LogP contribution in [0.2, 0.25) is 0 Å². The second-order valence-electron chi connectivity index (χ2n) is 9.13. The van der Waals surface area contributed by atoms with Crippen LogP contribution < -0.4 is 20.9 Å². The number of carbonyl (C=O) groups is 1. The summed E-state index contributed by atoms with van der Waals surface area (Å²) < 4.78 is 0. The zero-order valence-corrected chi connectivity index (χ0v) is 21.6. The molecule has 202 valence electrons. The van der Waals surface area contributed by atoms with Gasteiger partial charge < -0.3 is 36.5 Å². The standard InChI is InChI=1S/C25H35N7O3.CH5N/c26-15-23-22(18-34)24(29-25(28-23)32-9-3-1-2-4-10-32)27-19-5-7-20(8-6-19)31-13-11-30(12-14-31)16-21(35)17-33;1-2/h5-8,15,18,21,26,33,35H,1-4,9-14,16-17H2,(H,27,28,29);2H2,1H3. The van der Waals surface area contributed by atoms with Crippen molar-refractivity contribution < 1.29 is 15.0 Å². The van der Waals surface area contributed by atoms with Crippen LogP contribution in [0.5, 0.6) is 0 Å². The molecule has 0 amide bonds. The van der Waals surface area contributed by atoms with Crippen LogP contribution in [-0.4, -0.2) is 103 Å². The van der Waals surface area contributed by atoms with E-state index in [0.29, 0.717) is 30.3 Å². The summed E-state index contributed by atoms with van der Waals surface area (Å²) in [6.07, 6.45) is 5.67.